The van der Waals surface area contributed by atoms with Crippen LogP contribution in [0.15, 0.2) is 34.3 Å². The highest BCUT2D eigenvalue weighted by molar-refractivity contribution is 5.88. The number of hydrogen-bond acceptors (Lipinski definition) is 14. The topological polar surface area (TPSA) is 192 Å². The molecular weight excluding hydrogens is 704 g/mol. The fraction of sp³-hybridized carbons (Fsp3) is 0.711. The number of hydrogen-bond donors (Lipinski definition) is 2. The molecule has 2 saturated heterocycles. The van der Waals surface area contributed by atoms with Crippen molar-refractivity contribution in [2.75, 3.05) is 27.7 Å². The van der Waals surface area contributed by atoms with Gasteiger partial charge in [-0.1, -0.05) is 39.8 Å². The van der Waals surface area contributed by atoms with Crippen molar-refractivity contribution in [2.24, 2.45) is 17.8 Å². The predicted molar refractivity (Wildman–Crippen MR) is 197 cm³/mol. The van der Waals surface area contributed by atoms with Crippen LogP contribution in [-0.4, -0.2) is 120 Å². The quantitative estimate of drug-likeness (QED) is 0.190. The van der Waals surface area contributed by atoms with Crippen molar-refractivity contribution in [3.05, 3.63) is 45.7 Å². The van der Waals surface area contributed by atoms with Crippen molar-refractivity contribution in [1.29, 1.82) is 0 Å². The number of likely N-dealkylation sites (N-methyl/N-ethyl adjacent to an activating group) is 1. The zero-order chi connectivity index (χ0) is 40.3. The summed E-state index contributed by atoms with van der Waals surface area (Å²) in [6, 6.07) is 1.52. The van der Waals surface area contributed by atoms with Crippen molar-refractivity contribution in [2.45, 2.75) is 129 Å². The second kappa shape index (κ2) is 17.4. The Balaban J connectivity index is 1.71. The molecule has 1 aromatic rings. The van der Waals surface area contributed by atoms with Crippen LogP contribution in [0, 0.1) is 27.9 Å². The van der Waals surface area contributed by atoms with E-state index in [4.69, 9.17) is 28.1 Å². The van der Waals surface area contributed by atoms with Gasteiger partial charge < -0.3 is 38.1 Å². The molecule has 0 unspecified atom stereocenters. The summed E-state index contributed by atoms with van der Waals surface area (Å²) >= 11 is 0. The number of rotatable bonds is 10. The van der Waals surface area contributed by atoms with Crippen molar-refractivity contribution in [3.63, 3.8) is 0 Å². The van der Waals surface area contributed by atoms with Gasteiger partial charge in [-0.05, 0) is 73.2 Å². The van der Waals surface area contributed by atoms with E-state index in [1.54, 1.807) is 46.8 Å². The summed E-state index contributed by atoms with van der Waals surface area (Å²) in [4.78, 5) is 54.2. The Hall–Kier alpha value is -3.67. The molecule has 12 atom stereocenters. The summed E-state index contributed by atoms with van der Waals surface area (Å²) in [5.74, 6) is -2.93. The second-order valence-electron chi connectivity index (χ2n) is 15.5. The van der Waals surface area contributed by atoms with E-state index in [1.807, 2.05) is 39.8 Å². The lowest BCUT2D eigenvalue weighted by Crippen LogP contribution is -2.60. The van der Waals surface area contributed by atoms with Gasteiger partial charge in [-0.15, -0.1) is 0 Å². The molecule has 2 N–H and O–H groups in total. The molecule has 1 aromatic heterocycles. The van der Waals surface area contributed by atoms with Crippen molar-refractivity contribution in [3.8, 4) is 0 Å². The maximum absolute atomic E-state index is 14.5. The number of hydrazine groups is 1. The molecule has 0 bridgehead atoms. The van der Waals surface area contributed by atoms with Crippen LogP contribution in [0.1, 0.15) is 80.4 Å². The first kappa shape index (κ1) is 43.1. The summed E-state index contributed by atoms with van der Waals surface area (Å²) in [5.41, 5.74) is 0.742. The number of ketones is 1. The van der Waals surface area contributed by atoms with E-state index in [9.17, 15) is 29.6 Å². The smallest absolute Gasteiger partial charge is 0.433 e. The van der Waals surface area contributed by atoms with Gasteiger partial charge in [-0.3, -0.25) is 14.9 Å². The average Bonchev–Trinajstić information content (AvgIpc) is 3.69. The molecule has 0 aromatic carbocycles. The Kier molecular flexibility index (Phi) is 13.9. The minimum Gasteiger partial charge on any atom is -0.455 e. The predicted octanol–water partition coefficient (Wildman–Crippen LogP) is 4.65. The van der Waals surface area contributed by atoms with Crippen LogP contribution in [0.5, 0.6) is 0 Å². The number of esters is 1. The molecule has 54 heavy (non-hydrogen) atoms. The van der Waals surface area contributed by atoms with E-state index in [2.05, 4.69) is 5.43 Å². The number of carbonyl (C=O) groups is 3. The number of aliphatic hydroxyl groups excluding tert-OH is 1. The lowest BCUT2D eigenvalue weighted by molar-refractivity contribution is -0.402. The highest BCUT2D eigenvalue weighted by Crippen LogP contribution is 2.42. The summed E-state index contributed by atoms with van der Waals surface area (Å²) in [6.45, 7) is 14.3. The molecule has 3 aliphatic heterocycles. The molecule has 0 aliphatic carbocycles. The summed E-state index contributed by atoms with van der Waals surface area (Å²) < 4.78 is 36.3. The fourth-order valence-corrected chi connectivity index (χ4v) is 8.29. The van der Waals surface area contributed by atoms with Gasteiger partial charge in [0.05, 0.1) is 23.9 Å². The number of fused-ring (bicyclic) bond motifs is 1. The van der Waals surface area contributed by atoms with Gasteiger partial charge in [-0.2, -0.15) is 0 Å². The van der Waals surface area contributed by atoms with Crippen molar-refractivity contribution in [1.82, 2.24) is 15.3 Å². The van der Waals surface area contributed by atoms with Crippen LogP contribution in [0.25, 0.3) is 6.08 Å². The van der Waals surface area contributed by atoms with Crippen LogP contribution >= 0.6 is 0 Å². The third kappa shape index (κ3) is 9.06. The molecule has 0 radical (unpaired) electrons. The number of ether oxygens (including phenoxy) is 5. The Morgan fingerprint density at radius 3 is 2.44 bits per heavy atom. The fourth-order valence-electron chi connectivity index (χ4n) is 8.29. The molecule has 16 heteroatoms. The van der Waals surface area contributed by atoms with E-state index in [0.29, 0.717) is 6.42 Å². The largest absolute Gasteiger partial charge is 0.455 e. The number of nitrogens with one attached hydrogen (secondary N) is 1. The molecule has 1 amide bonds. The van der Waals surface area contributed by atoms with Gasteiger partial charge in [0.1, 0.15) is 34.7 Å². The minimum absolute atomic E-state index is 0.0616. The van der Waals surface area contributed by atoms with Gasteiger partial charge in [0.2, 0.25) is 0 Å². The molecule has 3 aliphatic rings. The lowest BCUT2D eigenvalue weighted by atomic mass is 9.74. The third-order valence-electron chi connectivity index (χ3n) is 11.1. The number of cyclic esters (lactones) is 1. The van der Waals surface area contributed by atoms with Gasteiger partial charge in [-0.25, -0.2) is 20.0 Å². The highest BCUT2D eigenvalue weighted by atomic mass is 16.7. The molecule has 16 nitrogen and oxygen atoms in total. The van der Waals surface area contributed by atoms with Gasteiger partial charge in [0, 0.05) is 43.0 Å². The molecule has 4 rings (SSSR count). The standard InChI is InChI=1S/C38H58N4O12/c1-12-28-38(8)32(41(36(46)54-38)39-17-13-14-26-15-16-29(51-26)42(47)48)25(6)30(43)23(4)20-37(7,49-11)33(21(2)18-22(3)34(45)52-28)53-35-31(44)27(40(9)10)19-24(5)50-35/h13-16,18,21,23-25,27-28,31-33,35,39,44H,12,17,19-20H2,1-11H3/b14-13+,22-18+/t21-,23+,24+,25-,27-,28+,31+,32+,33+,35-,37+,38+/m0/s1. The van der Waals surface area contributed by atoms with Gasteiger partial charge in [0.25, 0.3) is 0 Å². The number of methoxy groups -OCH3 is 1. The highest BCUT2D eigenvalue weighted by Gasteiger charge is 2.60. The first-order chi connectivity index (χ1) is 25.3. The summed E-state index contributed by atoms with van der Waals surface area (Å²) in [6.07, 6.45) is 1.20. The average molecular weight is 763 g/mol. The Morgan fingerprint density at radius 1 is 1.17 bits per heavy atom. The number of furan rings is 1. The van der Waals surface area contributed by atoms with E-state index >= 15 is 0 Å². The van der Waals surface area contributed by atoms with E-state index < -0.39 is 82.5 Å². The van der Waals surface area contributed by atoms with Crippen LogP contribution in [-0.2, 0) is 33.3 Å². The summed E-state index contributed by atoms with van der Waals surface area (Å²) in [5, 5.41) is 23.6. The van der Waals surface area contributed by atoms with E-state index in [1.165, 1.54) is 30.3 Å². The zero-order valence-corrected chi connectivity index (χ0v) is 33.3. The van der Waals surface area contributed by atoms with Crippen molar-refractivity contribution >= 4 is 29.8 Å². The SMILES string of the molecule is CC[C@H]1OC(=O)/C(C)=C/[C@H](C)[C@@H](O[C@@H]2O[C@H](C)C[C@H](N(C)C)[C@H]2O)[C@](C)(OC)C[C@@H](C)C(=O)[C@H](C)[C@H]2N(NC/C=C/c3ccc([N+](=O)[O-])o3)C(=O)O[C@]12C. The number of nitro groups is 1. The normalized spacial score (nSPS) is 38.1. The molecule has 2 fully saturated rings. The molecule has 302 valence electrons. The molecular formula is C38H58N4O12. The number of nitrogens with zero attached hydrogens (tertiary/aromatic N) is 3. The molecule has 4 heterocycles. The second-order valence-corrected chi connectivity index (χ2v) is 15.5. The van der Waals surface area contributed by atoms with Crippen LogP contribution in [0.4, 0.5) is 10.7 Å². The Morgan fingerprint density at radius 2 is 1.85 bits per heavy atom. The lowest BCUT2D eigenvalue weighted by Gasteiger charge is -2.46. The van der Waals surface area contributed by atoms with Gasteiger partial charge in [0.15, 0.2) is 11.9 Å². The Bertz CT molecular complexity index is 1580. The van der Waals surface area contributed by atoms with Crippen molar-refractivity contribution < 1.29 is 52.5 Å². The Labute approximate surface area is 317 Å². The maximum atomic E-state index is 14.5. The molecule has 0 spiro atoms. The summed E-state index contributed by atoms with van der Waals surface area (Å²) in [7, 11) is 5.31. The monoisotopic (exact) mass is 762 g/mol. The number of Topliss-reactive ketones (excluding diaryl/α,β-unsaturated/α-hetero) is 1. The van der Waals surface area contributed by atoms with E-state index in [0.717, 1.165) is 0 Å². The minimum atomic E-state index is -1.45. The third-order valence-corrected chi connectivity index (χ3v) is 11.1. The van der Waals surface area contributed by atoms with Crippen LogP contribution in [0.3, 0.4) is 0 Å². The van der Waals surface area contributed by atoms with E-state index in [-0.39, 0.29) is 48.6 Å². The number of amides is 1. The number of aliphatic hydroxyl groups is 1. The maximum Gasteiger partial charge on any atom is 0.433 e. The first-order valence-corrected chi connectivity index (χ1v) is 18.6. The van der Waals surface area contributed by atoms with Crippen LogP contribution in [0.2, 0.25) is 0 Å². The van der Waals surface area contributed by atoms with Gasteiger partial charge >= 0.3 is 17.9 Å². The number of carbonyl (C=O) groups excluding carboxylic acids is 3. The first-order valence-electron chi connectivity index (χ1n) is 18.6. The molecule has 0 saturated carbocycles. The van der Waals surface area contributed by atoms with Crippen LogP contribution < -0.4 is 5.43 Å². The zero-order valence-electron chi connectivity index (χ0n) is 33.3.